The summed E-state index contributed by atoms with van der Waals surface area (Å²) in [5.41, 5.74) is 0.298. The van der Waals surface area contributed by atoms with Crippen molar-refractivity contribution in [3.8, 4) is 0 Å². The molecule has 0 atom stereocenters. The van der Waals surface area contributed by atoms with Crippen LogP contribution in [0, 0.1) is 12.7 Å². The Balaban J connectivity index is 2.44. The molecule has 8 heteroatoms. The summed E-state index contributed by atoms with van der Waals surface area (Å²) in [6.07, 6.45) is 1.24. The fourth-order valence-corrected chi connectivity index (χ4v) is 3.12. The molecule has 2 rings (SSSR count). The number of halogens is 2. The van der Waals surface area contributed by atoms with E-state index >= 15 is 0 Å². The summed E-state index contributed by atoms with van der Waals surface area (Å²) in [4.78, 5) is -0.0289. The number of aryl methyl sites for hydroxylation is 1. The SMILES string of the molecule is Cc1cc(F)c(Br)cc1S(=O)(=O)Nc1ccon1. The Bertz CT molecular complexity index is 671. The predicted molar refractivity (Wildman–Crippen MR) is 66.1 cm³/mol. The van der Waals surface area contributed by atoms with Crippen LogP contribution in [0.15, 0.2) is 38.4 Å². The molecule has 2 aromatic rings. The third-order valence-electron chi connectivity index (χ3n) is 2.18. The first-order chi connectivity index (χ1) is 8.40. The summed E-state index contributed by atoms with van der Waals surface area (Å²) in [5.74, 6) is -0.456. The van der Waals surface area contributed by atoms with Crippen LogP contribution in [0.2, 0.25) is 0 Å². The molecule has 1 N–H and O–H groups in total. The van der Waals surface area contributed by atoms with Gasteiger partial charge < -0.3 is 4.52 Å². The van der Waals surface area contributed by atoms with Gasteiger partial charge in [0.15, 0.2) is 5.82 Å². The number of nitrogens with one attached hydrogen (secondary N) is 1. The first-order valence-electron chi connectivity index (χ1n) is 4.79. The number of hydrogen-bond acceptors (Lipinski definition) is 4. The molecule has 0 radical (unpaired) electrons. The molecule has 0 saturated carbocycles. The van der Waals surface area contributed by atoms with Crippen LogP contribution in [0.4, 0.5) is 10.2 Å². The Kier molecular flexibility index (Phi) is 3.40. The molecule has 0 aliphatic rings. The van der Waals surface area contributed by atoms with Gasteiger partial charge in [0.25, 0.3) is 10.0 Å². The lowest BCUT2D eigenvalue weighted by Crippen LogP contribution is -2.14. The molecule has 1 heterocycles. The third-order valence-corrected chi connectivity index (χ3v) is 4.29. The van der Waals surface area contributed by atoms with Crippen LogP contribution >= 0.6 is 15.9 Å². The van der Waals surface area contributed by atoms with E-state index in [1.54, 1.807) is 0 Å². The average molecular weight is 335 g/mol. The Labute approximate surface area is 111 Å². The monoisotopic (exact) mass is 334 g/mol. The fourth-order valence-electron chi connectivity index (χ4n) is 1.38. The molecular weight excluding hydrogens is 327 g/mol. The summed E-state index contributed by atoms with van der Waals surface area (Å²) < 4.78 is 44.2. The first kappa shape index (κ1) is 13.0. The molecule has 0 unspecified atom stereocenters. The summed E-state index contributed by atoms with van der Waals surface area (Å²) in [6, 6.07) is 3.71. The van der Waals surface area contributed by atoms with E-state index in [0.717, 1.165) is 6.07 Å². The largest absolute Gasteiger partial charge is 0.363 e. The maximum Gasteiger partial charge on any atom is 0.263 e. The summed E-state index contributed by atoms with van der Waals surface area (Å²) in [5, 5.41) is 3.45. The van der Waals surface area contributed by atoms with Crippen molar-refractivity contribution in [2.75, 3.05) is 4.72 Å². The Hall–Kier alpha value is -1.41. The van der Waals surface area contributed by atoms with E-state index in [0.29, 0.717) is 5.56 Å². The molecule has 0 amide bonds. The molecule has 96 valence electrons. The fraction of sp³-hybridized carbons (Fsp3) is 0.100. The number of nitrogens with zero attached hydrogens (tertiary/aromatic N) is 1. The Morgan fingerprint density at radius 2 is 2.17 bits per heavy atom. The zero-order chi connectivity index (χ0) is 13.3. The van der Waals surface area contributed by atoms with Crippen molar-refractivity contribution in [3.05, 3.63) is 40.3 Å². The predicted octanol–water partition coefficient (Wildman–Crippen LogP) is 2.69. The van der Waals surface area contributed by atoms with Gasteiger partial charge in [-0.25, -0.2) is 12.8 Å². The highest BCUT2D eigenvalue weighted by Crippen LogP contribution is 2.25. The molecule has 18 heavy (non-hydrogen) atoms. The van der Waals surface area contributed by atoms with E-state index < -0.39 is 15.8 Å². The summed E-state index contributed by atoms with van der Waals surface area (Å²) in [7, 11) is -3.82. The van der Waals surface area contributed by atoms with Crippen molar-refractivity contribution < 1.29 is 17.3 Å². The van der Waals surface area contributed by atoms with Crippen LogP contribution in [0.3, 0.4) is 0 Å². The van der Waals surface area contributed by atoms with Gasteiger partial charge in [-0.15, -0.1) is 0 Å². The Morgan fingerprint density at radius 3 is 2.78 bits per heavy atom. The lowest BCUT2D eigenvalue weighted by atomic mass is 10.2. The van der Waals surface area contributed by atoms with Gasteiger partial charge in [0.05, 0.1) is 9.37 Å². The standard InChI is InChI=1S/C10H8BrFN2O3S/c1-6-4-8(12)7(11)5-9(6)18(15,16)14-10-2-3-17-13-10/h2-5H,1H3,(H,13,14). The van der Waals surface area contributed by atoms with Crippen molar-refractivity contribution in [1.82, 2.24) is 5.16 Å². The lowest BCUT2D eigenvalue weighted by Gasteiger charge is -2.09. The molecule has 0 fully saturated rings. The zero-order valence-electron chi connectivity index (χ0n) is 9.15. The minimum Gasteiger partial charge on any atom is -0.363 e. The molecular formula is C10H8BrFN2O3S. The van der Waals surface area contributed by atoms with Crippen molar-refractivity contribution >= 4 is 31.8 Å². The molecule has 0 aliphatic carbocycles. The topological polar surface area (TPSA) is 72.2 Å². The van der Waals surface area contributed by atoms with Crippen LogP contribution in [-0.2, 0) is 10.0 Å². The van der Waals surface area contributed by atoms with Gasteiger partial charge in [-0.2, -0.15) is 0 Å². The van der Waals surface area contributed by atoms with Crippen molar-refractivity contribution in [1.29, 1.82) is 0 Å². The van der Waals surface area contributed by atoms with Gasteiger partial charge in [0, 0.05) is 6.07 Å². The minimum absolute atomic E-state index is 0.0289. The first-order valence-corrected chi connectivity index (χ1v) is 7.06. The molecule has 1 aromatic carbocycles. The van der Waals surface area contributed by atoms with Gasteiger partial charge in [-0.05, 0) is 40.5 Å². The quantitative estimate of drug-likeness (QED) is 0.936. The highest BCUT2D eigenvalue weighted by Gasteiger charge is 2.20. The minimum atomic E-state index is -3.82. The number of benzene rings is 1. The molecule has 1 aromatic heterocycles. The number of aromatic nitrogens is 1. The van der Waals surface area contributed by atoms with Gasteiger partial charge in [-0.1, -0.05) is 5.16 Å². The van der Waals surface area contributed by atoms with Gasteiger partial charge in [-0.3, -0.25) is 4.72 Å². The normalized spacial score (nSPS) is 11.5. The van der Waals surface area contributed by atoms with E-state index in [4.69, 9.17) is 0 Å². The van der Waals surface area contributed by atoms with Crippen LogP contribution in [0.25, 0.3) is 0 Å². The van der Waals surface area contributed by atoms with E-state index in [1.807, 2.05) is 0 Å². The highest BCUT2D eigenvalue weighted by atomic mass is 79.9. The summed E-state index contributed by atoms with van der Waals surface area (Å²) in [6.45, 7) is 1.51. The van der Waals surface area contributed by atoms with E-state index in [1.165, 1.54) is 25.3 Å². The number of rotatable bonds is 3. The molecule has 0 bridgehead atoms. The number of anilines is 1. The zero-order valence-corrected chi connectivity index (χ0v) is 11.5. The summed E-state index contributed by atoms with van der Waals surface area (Å²) >= 11 is 2.95. The van der Waals surface area contributed by atoms with Crippen LogP contribution < -0.4 is 4.72 Å². The highest BCUT2D eigenvalue weighted by molar-refractivity contribution is 9.10. The van der Waals surface area contributed by atoms with Gasteiger partial charge in [0.2, 0.25) is 0 Å². The maximum absolute atomic E-state index is 13.2. The molecule has 0 spiro atoms. The van der Waals surface area contributed by atoms with Crippen LogP contribution in [0.1, 0.15) is 5.56 Å². The maximum atomic E-state index is 13.2. The lowest BCUT2D eigenvalue weighted by molar-refractivity contribution is 0.423. The third kappa shape index (κ3) is 2.54. The van der Waals surface area contributed by atoms with Crippen molar-refractivity contribution in [2.45, 2.75) is 11.8 Å². The van der Waals surface area contributed by atoms with Crippen molar-refractivity contribution in [3.63, 3.8) is 0 Å². The van der Waals surface area contributed by atoms with Crippen molar-refractivity contribution in [2.24, 2.45) is 0 Å². The Morgan fingerprint density at radius 1 is 1.44 bits per heavy atom. The molecule has 0 saturated heterocycles. The second kappa shape index (κ2) is 4.69. The second-order valence-corrected chi connectivity index (χ2v) is 6.03. The van der Waals surface area contributed by atoms with Gasteiger partial charge in [0.1, 0.15) is 12.1 Å². The van der Waals surface area contributed by atoms with Crippen LogP contribution in [-0.4, -0.2) is 13.6 Å². The number of sulfonamides is 1. The smallest absolute Gasteiger partial charge is 0.263 e. The van der Waals surface area contributed by atoms with Gasteiger partial charge >= 0.3 is 0 Å². The second-order valence-electron chi connectivity index (χ2n) is 3.52. The van der Waals surface area contributed by atoms with Crippen LogP contribution in [0.5, 0.6) is 0 Å². The van der Waals surface area contributed by atoms with E-state index in [9.17, 15) is 12.8 Å². The molecule has 5 nitrogen and oxygen atoms in total. The average Bonchev–Trinajstić information content (AvgIpc) is 2.75. The van der Waals surface area contributed by atoms with E-state index in [2.05, 4.69) is 30.3 Å². The van der Waals surface area contributed by atoms with E-state index in [-0.39, 0.29) is 15.2 Å². The molecule has 0 aliphatic heterocycles. The number of hydrogen-bond donors (Lipinski definition) is 1.